The Morgan fingerprint density at radius 2 is 1.63 bits per heavy atom. The van der Waals surface area contributed by atoms with Crippen LogP contribution in [-0.2, 0) is 14.3 Å². The molecule has 0 saturated heterocycles. The van der Waals surface area contributed by atoms with Gasteiger partial charge in [-0.25, -0.2) is 4.79 Å². The molecular weight excluding hydrogens is 444 g/mol. The largest absolute Gasteiger partial charge is 0.481 e. The Hall–Kier alpha value is -3.61. The van der Waals surface area contributed by atoms with Crippen molar-refractivity contribution in [2.75, 3.05) is 13.2 Å². The topological polar surface area (TPSA) is 105 Å². The second-order valence-electron chi connectivity index (χ2n) is 9.48. The van der Waals surface area contributed by atoms with Gasteiger partial charge in [-0.15, -0.1) is 0 Å². The summed E-state index contributed by atoms with van der Waals surface area (Å²) in [7, 11) is 0. The zero-order valence-electron chi connectivity index (χ0n) is 20.8. The van der Waals surface area contributed by atoms with E-state index in [1.54, 1.807) is 13.8 Å². The SMILES string of the molecule is CCC(C)(CNC(=O)C(CC=C(C)C)NC(=O)OCC1c2ccccc2-c2ccccc21)C(=O)O. The number of alkyl carbamates (subject to hydrolysis) is 1. The number of benzene rings is 2. The van der Waals surface area contributed by atoms with Crippen LogP contribution in [0.2, 0.25) is 0 Å². The van der Waals surface area contributed by atoms with Crippen molar-refractivity contribution < 1.29 is 24.2 Å². The zero-order chi connectivity index (χ0) is 25.6. The minimum absolute atomic E-state index is 0.0324. The van der Waals surface area contributed by atoms with Gasteiger partial charge in [-0.1, -0.05) is 67.1 Å². The van der Waals surface area contributed by atoms with Crippen LogP contribution in [0.3, 0.4) is 0 Å². The Morgan fingerprint density at radius 1 is 1.06 bits per heavy atom. The molecule has 0 fully saturated rings. The van der Waals surface area contributed by atoms with Crippen LogP contribution < -0.4 is 10.6 Å². The second-order valence-corrected chi connectivity index (χ2v) is 9.48. The quantitative estimate of drug-likeness (QED) is 0.423. The van der Waals surface area contributed by atoms with E-state index in [1.165, 1.54) is 0 Å². The highest BCUT2D eigenvalue weighted by molar-refractivity contribution is 5.86. The van der Waals surface area contributed by atoms with Crippen LogP contribution in [-0.4, -0.2) is 42.3 Å². The standard InChI is InChI=1S/C28H34N2O5/c1-5-28(4,26(32)33)17-29-25(31)24(15-14-18(2)3)30-27(34)35-16-23-21-12-8-6-10-19(21)20-11-7-9-13-22(20)23/h6-14,23-24H,5,15-17H2,1-4H3,(H,29,31)(H,30,34)(H,32,33). The van der Waals surface area contributed by atoms with E-state index in [4.69, 9.17) is 4.74 Å². The molecule has 7 heteroatoms. The van der Waals surface area contributed by atoms with Gasteiger partial charge in [-0.2, -0.15) is 0 Å². The van der Waals surface area contributed by atoms with E-state index in [0.29, 0.717) is 6.42 Å². The summed E-state index contributed by atoms with van der Waals surface area (Å²) in [5.41, 5.74) is 4.40. The van der Waals surface area contributed by atoms with E-state index in [0.717, 1.165) is 27.8 Å². The van der Waals surface area contributed by atoms with Gasteiger partial charge in [-0.05, 0) is 55.9 Å². The van der Waals surface area contributed by atoms with Crippen LogP contribution in [0.1, 0.15) is 57.6 Å². The fourth-order valence-electron chi connectivity index (χ4n) is 4.12. The summed E-state index contributed by atoms with van der Waals surface area (Å²) < 4.78 is 5.59. The minimum Gasteiger partial charge on any atom is -0.481 e. The summed E-state index contributed by atoms with van der Waals surface area (Å²) >= 11 is 0. The van der Waals surface area contributed by atoms with Crippen LogP contribution >= 0.6 is 0 Å². The number of hydrogen-bond donors (Lipinski definition) is 3. The van der Waals surface area contributed by atoms with Crippen LogP contribution in [0.25, 0.3) is 11.1 Å². The molecule has 2 aromatic rings. The molecule has 0 spiro atoms. The van der Waals surface area contributed by atoms with Gasteiger partial charge in [0, 0.05) is 12.5 Å². The first-order chi connectivity index (χ1) is 16.7. The van der Waals surface area contributed by atoms with Crippen molar-refractivity contribution in [3.05, 3.63) is 71.3 Å². The molecule has 2 unspecified atom stereocenters. The number of carboxylic acid groups (broad SMARTS) is 1. The van der Waals surface area contributed by atoms with Gasteiger partial charge in [0.1, 0.15) is 12.6 Å². The van der Waals surface area contributed by atoms with Gasteiger partial charge < -0.3 is 20.5 Å². The Labute approximate surface area is 206 Å². The fourth-order valence-corrected chi connectivity index (χ4v) is 4.12. The molecular formula is C28H34N2O5. The average molecular weight is 479 g/mol. The summed E-state index contributed by atoms with van der Waals surface area (Å²) in [5.74, 6) is -1.51. The third kappa shape index (κ3) is 6.10. The maximum absolute atomic E-state index is 12.9. The Morgan fingerprint density at radius 3 is 2.14 bits per heavy atom. The lowest BCUT2D eigenvalue weighted by Crippen LogP contribution is -2.50. The number of carbonyl (C=O) groups excluding carboxylic acids is 2. The van der Waals surface area contributed by atoms with Crippen molar-refractivity contribution in [3.8, 4) is 11.1 Å². The van der Waals surface area contributed by atoms with E-state index < -0.39 is 29.4 Å². The lowest BCUT2D eigenvalue weighted by Gasteiger charge is -2.25. The zero-order valence-corrected chi connectivity index (χ0v) is 20.8. The maximum Gasteiger partial charge on any atom is 0.407 e. The molecule has 186 valence electrons. The lowest BCUT2D eigenvalue weighted by atomic mass is 9.87. The third-order valence-electron chi connectivity index (χ3n) is 6.66. The van der Waals surface area contributed by atoms with Crippen LogP contribution in [0.5, 0.6) is 0 Å². The van der Waals surface area contributed by atoms with Crippen molar-refractivity contribution in [3.63, 3.8) is 0 Å². The van der Waals surface area contributed by atoms with Crippen molar-refractivity contribution in [2.45, 2.75) is 52.5 Å². The second kappa shape index (κ2) is 11.2. The predicted octanol–water partition coefficient (Wildman–Crippen LogP) is 4.87. The number of allylic oxidation sites excluding steroid dienone is 1. The van der Waals surface area contributed by atoms with E-state index in [9.17, 15) is 19.5 Å². The molecule has 3 rings (SSSR count). The van der Waals surface area contributed by atoms with E-state index >= 15 is 0 Å². The number of rotatable bonds is 10. The molecule has 2 atom stereocenters. The van der Waals surface area contributed by atoms with Gasteiger partial charge in [0.25, 0.3) is 0 Å². The number of amides is 2. The first-order valence-corrected chi connectivity index (χ1v) is 11.9. The molecule has 0 radical (unpaired) electrons. The highest BCUT2D eigenvalue weighted by atomic mass is 16.5. The molecule has 3 N–H and O–H groups in total. The average Bonchev–Trinajstić information content (AvgIpc) is 3.17. The molecule has 1 aliphatic carbocycles. The summed E-state index contributed by atoms with van der Waals surface area (Å²) in [6.45, 7) is 7.26. The number of nitrogens with one attached hydrogen (secondary N) is 2. The highest BCUT2D eigenvalue weighted by Crippen LogP contribution is 2.44. The molecule has 7 nitrogen and oxygen atoms in total. The third-order valence-corrected chi connectivity index (χ3v) is 6.66. The summed E-state index contributed by atoms with van der Waals surface area (Å²) in [6.07, 6.45) is 1.80. The van der Waals surface area contributed by atoms with Gasteiger partial charge in [0.15, 0.2) is 0 Å². The number of fused-ring (bicyclic) bond motifs is 3. The molecule has 2 amide bonds. The van der Waals surface area contributed by atoms with Crippen molar-refractivity contribution in [2.24, 2.45) is 5.41 Å². The Kier molecular flexibility index (Phi) is 8.33. The van der Waals surface area contributed by atoms with Gasteiger partial charge in [-0.3, -0.25) is 9.59 Å². The molecule has 0 aromatic heterocycles. The van der Waals surface area contributed by atoms with E-state index in [-0.39, 0.29) is 25.5 Å². The number of aliphatic carboxylic acids is 1. The smallest absolute Gasteiger partial charge is 0.407 e. The lowest BCUT2D eigenvalue weighted by molar-refractivity contribution is -0.148. The highest BCUT2D eigenvalue weighted by Gasteiger charge is 2.33. The monoisotopic (exact) mass is 478 g/mol. The fraction of sp³-hybridized carbons (Fsp3) is 0.393. The molecule has 0 aliphatic heterocycles. The number of carboxylic acids is 1. The molecule has 35 heavy (non-hydrogen) atoms. The summed E-state index contributed by atoms with van der Waals surface area (Å²) in [6, 6.07) is 15.3. The van der Waals surface area contributed by atoms with Crippen molar-refractivity contribution in [1.29, 1.82) is 0 Å². The van der Waals surface area contributed by atoms with Crippen LogP contribution in [0.15, 0.2) is 60.2 Å². The minimum atomic E-state index is -1.08. The van der Waals surface area contributed by atoms with E-state index in [1.807, 2.05) is 56.3 Å². The van der Waals surface area contributed by atoms with Gasteiger partial charge in [0.2, 0.25) is 5.91 Å². The molecule has 2 aromatic carbocycles. The number of ether oxygens (including phenoxy) is 1. The predicted molar refractivity (Wildman–Crippen MR) is 135 cm³/mol. The Bertz CT molecular complexity index is 1080. The van der Waals surface area contributed by atoms with Crippen molar-refractivity contribution >= 4 is 18.0 Å². The van der Waals surface area contributed by atoms with Crippen molar-refractivity contribution in [1.82, 2.24) is 10.6 Å². The normalized spacial score (nSPS) is 14.6. The van der Waals surface area contributed by atoms with Gasteiger partial charge >= 0.3 is 12.1 Å². The van der Waals surface area contributed by atoms with E-state index in [2.05, 4.69) is 22.8 Å². The first-order valence-electron chi connectivity index (χ1n) is 11.9. The molecule has 1 aliphatic rings. The first kappa shape index (κ1) is 26.0. The van der Waals surface area contributed by atoms with Crippen LogP contribution in [0, 0.1) is 5.41 Å². The number of hydrogen-bond acceptors (Lipinski definition) is 4. The van der Waals surface area contributed by atoms with Crippen LogP contribution in [0.4, 0.5) is 4.79 Å². The molecule has 0 heterocycles. The summed E-state index contributed by atoms with van der Waals surface area (Å²) in [5, 5.41) is 14.8. The maximum atomic E-state index is 12.9. The Balaban J connectivity index is 1.66. The van der Waals surface area contributed by atoms with Gasteiger partial charge in [0.05, 0.1) is 5.41 Å². The molecule has 0 bridgehead atoms. The molecule has 0 saturated carbocycles. The summed E-state index contributed by atoms with van der Waals surface area (Å²) in [4.78, 5) is 37.1. The number of carbonyl (C=O) groups is 3.